The summed E-state index contributed by atoms with van der Waals surface area (Å²) in [5, 5.41) is 25.9. The molecule has 0 aliphatic heterocycles. The van der Waals surface area contributed by atoms with Crippen LogP contribution in [0.15, 0.2) is 42.9 Å². The third kappa shape index (κ3) is 4.94. The normalized spacial score (nSPS) is 21.6. The third-order valence-corrected chi connectivity index (χ3v) is 6.97. The van der Waals surface area contributed by atoms with Crippen LogP contribution in [0.1, 0.15) is 65.5 Å². The third-order valence-electron chi connectivity index (χ3n) is 6.97. The standard InChI is InChI=1S/C27H32N8O3/c1-16-11-29-35(13-16)23-7-6-20(12-28-23)19(4)31-25(36)27(38-5)14-26(37,15-27)24-30-17(2)8-21(32-24)10-22-9-18(3)33-34-22/h6-9,11-13,19,37H,10,14-15H2,1-5H3,(H,31,36)(H,33,34)/t19-,26?,27?/m0/s1. The van der Waals surface area contributed by atoms with Gasteiger partial charge in [-0.15, -0.1) is 0 Å². The summed E-state index contributed by atoms with van der Waals surface area (Å²) < 4.78 is 7.36. The second-order valence-electron chi connectivity index (χ2n) is 10.2. The van der Waals surface area contributed by atoms with Gasteiger partial charge in [0.25, 0.3) is 5.91 Å². The fourth-order valence-electron chi connectivity index (χ4n) is 4.87. The van der Waals surface area contributed by atoms with Gasteiger partial charge in [-0.1, -0.05) is 6.07 Å². The fraction of sp³-hybridized carbons (Fsp3) is 0.407. The predicted octanol–water partition coefficient (Wildman–Crippen LogP) is 2.54. The van der Waals surface area contributed by atoms with Crippen molar-refractivity contribution in [1.29, 1.82) is 0 Å². The summed E-state index contributed by atoms with van der Waals surface area (Å²) in [5.74, 6) is 0.684. The Morgan fingerprint density at radius 1 is 1.18 bits per heavy atom. The Morgan fingerprint density at radius 3 is 2.58 bits per heavy atom. The lowest BCUT2D eigenvalue weighted by molar-refractivity contribution is -0.208. The average molecular weight is 517 g/mol. The van der Waals surface area contributed by atoms with Crippen LogP contribution in [-0.2, 0) is 21.6 Å². The molecule has 4 heterocycles. The van der Waals surface area contributed by atoms with Gasteiger partial charge in [-0.3, -0.25) is 9.89 Å². The van der Waals surface area contributed by atoms with Crippen molar-refractivity contribution < 1.29 is 14.6 Å². The molecule has 0 saturated heterocycles. The molecule has 1 saturated carbocycles. The topological polar surface area (TPSA) is 144 Å². The Bertz CT molecular complexity index is 1450. The van der Waals surface area contributed by atoms with Crippen molar-refractivity contribution >= 4 is 5.91 Å². The number of hydrogen-bond acceptors (Lipinski definition) is 8. The predicted molar refractivity (Wildman–Crippen MR) is 138 cm³/mol. The van der Waals surface area contributed by atoms with Crippen LogP contribution in [0.25, 0.3) is 5.82 Å². The minimum absolute atomic E-state index is 0.0509. The first kappa shape index (κ1) is 25.7. The maximum Gasteiger partial charge on any atom is 0.252 e. The smallest absolute Gasteiger partial charge is 0.252 e. The van der Waals surface area contributed by atoms with E-state index >= 15 is 0 Å². The van der Waals surface area contributed by atoms with Crippen molar-refractivity contribution in [2.24, 2.45) is 0 Å². The summed E-state index contributed by atoms with van der Waals surface area (Å²) in [7, 11) is 1.48. The number of carbonyl (C=O) groups is 1. The van der Waals surface area contributed by atoms with Gasteiger partial charge >= 0.3 is 0 Å². The molecule has 1 amide bonds. The summed E-state index contributed by atoms with van der Waals surface area (Å²) in [4.78, 5) is 26.9. The van der Waals surface area contributed by atoms with Crippen molar-refractivity contribution in [1.82, 2.24) is 40.2 Å². The molecule has 0 aromatic carbocycles. The summed E-state index contributed by atoms with van der Waals surface area (Å²) >= 11 is 0. The van der Waals surface area contributed by atoms with Crippen LogP contribution in [0.4, 0.5) is 0 Å². The van der Waals surface area contributed by atoms with Crippen LogP contribution in [-0.4, -0.2) is 58.7 Å². The second kappa shape index (κ2) is 9.73. The Hall–Kier alpha value is -3.96. The summed E-state index contributed by atoms with van der Waals surface area (Å²) in [5.41, 5.74) is 2.64. The molecule has 5 rings (SSSR count). The van der Waals surface area contributed by atoms with E-state index in [2.05, 4.69) is 35.6 Å². The summed E-state index contributed by atoms with van der Waals surface area (Å²) in [6.07, 6.45) is 6.00. The quantitative estimate of drug-likeness (QED) is 0.324. The Labute approximate surface area is 220 Å². The number of aromatic amines is 1. The van der Waals surface area contributed by atoms with E-state index in [0.29, 0.717) is 18.1 Å². The van der Waals surface area contributed by atoms with Crippen molar-refractivity contribution in [3.05, 3.63) is 82.6 Å². The molecule has 1 atom stereocenters. The largest absolute Gasteiger partial charge is 0.382 e. The number of ether oxygens (including phenoxy) is 1. The Balaban J connectivity index is 1.27. The number of pyridine rings is 1. The number of carbonyl (C=O) groups excluding carboxylic acids is 1. The van der Waals surface area contributed by atoms with E-state index in [9.17, 15) is 9.90 Å². The highest BCUT2D eigenvalue weighted by Crippen LogP contribution is 2.49. The van der Waals surface area contributed by atoms with E-state index < -0.39 is 11.2 Å². The van der Waals surface area contributed by atoms with Crippen LogP contribution in [0.2, 0.25) is 0 Å². The van der Waals surface area contributed by atoms with E-state index in [4.69, 9.17) is 4.74 Å². The molecule has 11 heteroatoms. The van der Waals surface area contributed by atoms with Gasteiger partial charge in [0.15, 0.2) is 17.2 Å². The van der Waals surface area contributed by atoms with E-state index in [-0.39, 0.29) is 24.8 Å². The lowest BCUT2D eigenvalue weighted by atomic mass is 9.65. The summed E-state index contributed by atoms with van der Waals surface area (Å²) in [6.45, 7) is 7.65. The van der Waals surface area contributed by atoms with Crippen LogP contribution in [0.3, 0.4) is 0 Å². The van der Waals surface area contributed by atoms with Gasteiger partial charge < -0.3 is 15.2 Å². The fourth-order valence-corrected chi connectivity index (χ4v) is 4.87. The Kier molecular flexibility index (Phi) is 6.58. The number of H-pyrrole nitrogens is 1. The van der Waals surface area contributed by atoms with E-state index in [1.54, 1.807) is 17.1 Å². The van der Waals surface area contributed by atoms with Gasteiger partial charge in [-0.2, -0.15) is 10.2 Å². The molecule has 11 nitrogen and oxygen atoms in total. The molecule has 38 heavy (non-hydrogen) atoms. The molecule has 0 spiro atoms. The molecular formula is C27H32N8O3. The number of nitrogens with one attached hydrogen (secondary N) is 2. The van der Waals surface area contributed by atoms with Crippen LogP contribution >= 0.6 is 0 Å². The number of hydrogen-bond donors (Lipinski definition) is 3. The molecule has 4 aromatic rings. The number of amides is 1. The van der Waals surface area contributed by atoms with Crippen molar-refractivity contribution in [2.75, 3.05) is 7.11 Å². The van der Waals surface area contributed by atoms with Gasteiger partial charge in [-0.05, 0) is 57.0 Å². The average Bonchev–Trinajstić information content (AvgIpc) is 3.49. The van der Waals surface area contributed by atoms with Crippen LogP contribution in [0.5, 0.6) is 0 Å². The van der Waals surface area contributed by atoms with E-state index in [0.717, 1.165) is 33.9 Å². The zero-order valence-corrected chi connectivity index (χ0v) is 22.2. The number of nitrogens with zero attached hydrogens (tertiary/aromatic N) is 6. The highest BCUT2D eigenvalue weighted by molar-refractivity contribution is 5.87. The molecule has 0 radical (unpaired) electrons. The molecular weight excluding hydrogens is 484 g/mol. The lowest BCUT2D eigenvalue weighted by Crippen LogP contribution is -2.64. The molecule has 1 aliphatic rings. The first-order valence-corrected chi connectivity index (χ1v) is 12.5. The second-order valence-corrected chi connectivity index (χ2v) is 10.2. The highest BCUT2D eigenvalue weighted by atomic mass is 16.5. The van der Waals surface area contributed by atoms with Crippen LogP contribution < -0.4 is 5.32 Å². The number of aromatic nitrogens is 7. The molecule has 3 N–H and O–H groups in total. The van der Waals surface area contributed by atoms with Crippen molar-refractivity contribution in [3.8, 4) is 5.82 Å². The number of aryl methyl sites for hydroxylation is 3. The maximum absolute atomic E-state index is 13.3. The first-order valence-electron chi connectivity index (χ1n) is 12.5. The lowest BCUT2D eigenvalue weighted by Gasteiger charge is -2.50. The zero-order chi connectivity index (χ0) is 27.1. The first-order chi connectivity index (χ1) is 18.1. The van der Waals surface area contributed by atoms with Crippen LogP contribution in [0, 0.1) is 20.8 Å². The van der Waals surface area contributed by atoms with E-state index in [1.807, 2.05) is 58.2 Å². The van der Waals surface area contributed by atoms with E-state index in [1.165, 1.54) is 7.11 Å². The van der Waals surface area contributed by atoms with Gasteiger partial charge in [0.1, 0.15) is 5.60 Å². The minimum atomic E-state index is -1.37. The molecule has 0 unspecified atom stereocenters. The summed E-state index contributed by atoms with van der Waals surface area (Å²) in [6, 6.07) is 7.28. The SMILES string of the molecule is COC1(C(=O)N[C@@H](C)c2ccc(-n3cc(C)cn3)nc2)CC(O)(c2nc(C)cc(Cc3cc(C)[nH]n3)n2)C1. The molecule has 198 valence electrons. The minimum Gasteiger partial charge on any atom is -0.382 e. The highest BCUT2D eigenvalue weighted by Gasteiger charge is 2.61. The van der Waals surface area contributed by atoms with Gasteiger partial charge in [0.05, 0.1) is 23.6 Å². The maximum atomic E-state index is 13.3. The number of aliphatic hydroxyl groups is 1. The van der Waals surface area contributed by atoms with Gasteiger partial charge in [0, 0.05) is 50.2 Å². The molecule has 1 fully saturated rings. The van der Waals surface area contributed by atoms with Crippen molar-refractivity contribution in [3.63, 3.8) is 0 Å². The number of rotatable bonds is 8. The number of methoxy groups -OCH3 is 1. The molecule has 0 bridgehead atoms. The molecule has 1 aliphatic carbocycles. The Morgan fingerprint density at radius 2 is 1.97 bits per heavy atom. The molecule has 4 aromatic heterocycles. The van der Waals surface area contributed by atoms with Gasteiger partial charge in [-0.25, -0.2) is 19.6 Å². The monoisotopic (exact) mass is 516 g/mol. The van der Waals surface area contributed by atoms with Crippen molar-refractivity contribution in [2.45, 2.75) is 64.2 Å². The van der Waals surface area contributed by atoms with Gasteiger partial charge in [0.2, 0.25) is 0 Å². The zero-order valence-electron chi connectivity index (χ0n) is 22.2.